The topological polar surface area (TPSA) is 94.1 Å². The number of hydrogen-bond donors (Lipinski definition) is 2. The average Bonchev–Trinajstić information content (AvgIpc) is 2.90. The molecule has 114 valence electrons. The van der Waals surface area contributed by atoms with E-state index >= 15 is 0 Å². The van der Waals surface area contributed by atoms with E-state index in [4.69, 9.17) is 10.6 Å². The van der Waals surface area contributed by atoms with Crippen LogP contribution in [0.3, 0.4) is 0 Å². The van der Waals surface area contributed by atoms with E-state index in [9.17, 15) is 0 Å². The Morgan fingerprint density at radius 1 is 1.45 bits per heavy atom. The van der Waals surface area contributed by atoms with Crippen molar-refractivity contribution >= 4 is 0 Å². The lowest BCUT2D eigenvalue weighted by atomic mass is 9.85. The Kier molecular flexibility index (Phi) is 5.03. The first-order valence-corrected chi connectivity index (χ1v) is 7.12. The largest absolute Gasteiger partial charge is 0.379 e. The maximum Gasteiger partial charge on any atom is 0.176 e. The Labute approximate surface area is 119 Å². The van der Waals surface area contributed by atoms with Crippen molar-refractivity contribution in [3.63, 3.8) is 0 Å². The van der Waals surface area contributed by atoms with E-state index in [-0.39, 0.29) is 11.6 Å². The van der Waals surface area contributed by atoms with Crippen molar-refractivity contribution in [1.29, 1.82) is 0 Å². The molecule has 0 aliphatic carbocycles. The van der Waals surface area contributed by atoms with Crippen molar-refractivity contribution in [3.8, 4) is 0 Å². The van der Waals surface area contributed by atoms with Gasteiger partial charge in [0.25, 0.3) is 0 Å². The van der Waals surface area contributed by atoms with Gasteiger partial charge in [0.2, 0.25) is 0 Å². The standard InChI is InChI=1S/C12H25N7O/c1-4-12(2,19-5-7-20-8-6-19)10(14-13)9-11-15-17-18(3)16-11/h10,14H,4-9,13H2,1-3H3. The molecule has 1 saturated heterocycles. The maximum atomic E-state index is 5.81. The van der Waals surface area contributed by atoms with Crippen LogP contribution in [0.4, 0.5) is 0 Å². The molecule has 3 N–H and O–H groups in total. The van der Waals surface area contributed by atoms with Gasteiger partial charge in [0.1, 0.15) is 0 Å². The van der Waals surface area contributed by atoms with Crippen LogP contribution in [0.5, 0.6) is 0 Å². The highest BCUT2D eigenvalue weighted by Gasteiger charge is 2.39. The molecule has 2 rings (SSSR count). The molecule has 2 heterocycles. The molecule has 2 atom stereocenters. The normalized spacial score (nSPS) is 21.6. The first-order chi connectivity index (χ1) is 9.60. The molecule has 20 heavy (non-hydrogen) atoms. The molecule has 0 spiro atoms. The summed E-state index contributed by atoms with van der Waals surface area (Å²) in [7, 11) is 1.77. The zero-order chi connectivity index (χ0) is 14.6. The quantitative estimate of drug-likeness (QED) is 0.515. The van der Waals surface area contributed by atoms with Crippen molar-refractivity contribution in [2.45, 2.75) is 38.3 Å². The monoisotopic (exact) mass is 283 g/mol. The van der Waals surface area contributed by atoms with Crippen molar-refractivity contribution in [1.82, 2.24) is 30.5 Å². The van der Waals surface area contributed by atoms with Gasteiger partial charge in [-0.15, -0.1) is 10.2 Å². The van der Waals surface area contributed by atoms with Gasteiger partial charge < -0.3 is 4.74 Å². The van der Waals surface area contributed by atoms with Crippen LogP contribution < -0.4 is 11.3 Å². The lowest BCUT2D eigenvalue weighted by Crippen LogP contribution is -2.63. The summed E-state index contributed by atoms with van der Waals surface area (Å²) in [4.78, 5) is 3.92. The number of ether oxygens (including phenoxy) is 1. The summed E-state index contributed by atoms with van der Waals surface area (Å²) < 4.78 is 5.44. The summed E-state index contributed by atoms with van der Waals surface area (Å²) in [5.41, 5.74) is 2.89. The van der Waals surface area contributed by atoms with E-state index in [2.05, 4.69) is 39.6 Å². The minimum Gasteiger partial charge on any atom is -0.379 e. The van der Waals surface area contributed by atoms with Crippen LogP contribution in [0.15, 0.2) is 0 Å². The molecular formula is C12H25N7O. The molecule has 1 fully saturated rings. The molecule has 8 nitrogen and oxygen atoms in total. The minimum absolute atomic E-state index is 0.0578. The highest BCUT2D eigenvalue weighted by Crippen LogP contribution is 2.26. The van der Waals surface area contributed by atoms with Gasteiger partial charge in [0.05, 0.1) is 20.3 Å². The number of morpholine rings is 1. The van der Waals surface area contributed by atoms with Crippen LogP contribution >= 0.6 is 0 Å². The van der Waals surface area contributed by atoms with Gasteiger partial charge in [-0.2, -0.15) is 4.80 Å². The molecule has 0 bridgehead atoms. The van der Waals surface area contributed by atoms with Crippen LogP contribution in [0.25, 0.3) is 0 Å². The second-order valence-corrected chi connectivity index (χ2v) is 5.43. The van der Waals surface area contributed by atoms with Gasteiger partial charge in [-0.05, 0) is 18.6 Å². The summed E-state index contributed by atoms with van der Waals surface area (Å²) in [6.07, 6.45) is 1.65. The molecular weight excluding hydrogens is 258 g/mol. The molecule has 0 aromatic carbocycles. The van der Waals surface area contributed by atoms with Crippen molar-refractivity contribution in [2.75, 3.05) is 26.3 Å². The number of hydrogen-bond acceptors (Lipinski definition) is 7. The van der Waals surface area contributed by atoms with Crippen LogP contribution in [0.1, 0.15) is 26.1 Å². The number of tetrazole rings is 1. The second kappa shape index (κ2) is 6.57. The van der Waals surface area contributed by atoms with Gasteiger partial charge in [0.15, 0.2) is 5.82 Å². The number of hydrazine groups is 1. The van der Waals surface area contributed by atoms with Crippen molar-refractivity contribution < 1.29 is 4.74 Å². The van der Waals surface area contributed by atoms with Crippen LogP contribution in [-0.4, -0.2) is 63.0 Å². The molecule has 1 aliphatic heterocycles. The number of aromatic nitrogens is 4. The van der Waals surface area contributed by atoms with Crippen LogP contribution in [0, 0.1) is 0 Å². The third kappa shape index (κ3) is 3.14. The average molecular weight is 283 g/mol. The fraction of sp³-hybridized carbons (Fsp3) is 0.917. The van der Waals surface area contributed by atoms with Gasteiger partial charge in [-0.1, -0.05) is 6.92 Å². The second-order valence-electron chi connectivity index (χ2n) is 5.43. The molecule has 8 heteroatoms. The van der Waals surface area contributed by atoms with E-state index in [1.165, 1.54) is 4.80 Å². The number of rotatable bonds is 6. The Hall–Kier alpha value is -1.09. The van der Waals surface area contributed by atoms with E-state index < -0.39 is 0 Å². The van der Waals surface area contributed by atoms with E-state index in [1.54, 1.807) is 7.05 Å². The highest BCUT2D eigenvalue weighted by molar-refractivity contribution is 5.00. The molecule has 0 saturated carbocycles. The third-order valence-electron chi connectivity index (χ3n) is 4.34. The summed E-state index contributed by atoms with van der Waals surface area (Å²) >= 11 is 0. The smallest absolute Gasteiger partial charge is 0.176 e. The molecule has 0 amide bonds. The summed E-state index contributed by atoms with van der Waals surface area (Å²) in [6.45, 7) is 7.82. The number of aryl methyl sites for hydroxylation is 1. The van der Waals surface area contributed by atoms with E-state index in [0.717, 1.165) is 32.7 Å². The van der Waals surface area contributed by atoms with Crippen molar-refractivity contribution in [2.24, 2.45) is 12.9 Å². The first-order valence-electron chi connectivity index (χ1n) is 7.12. The zero-order valence-electron chi connectivity index (χ0n) is 12.5. The molecule has 1 aromatic heterocycles. The van der Waals surface area contributed by atoms with Gasteiger partial charge in [0, 0.05) is 31.1 Å². The predicted molar refractivity (Wildman–Crippen MR) is 74.7 cm³/mol. The van der Waals surface area contributed by atoms with E-state index in [0.29, 0.717) is 12.2 Å². The summed E-state index contributed by atoms with van der Waals surface area (Å²) in [5, 5.41) is 12.2. The van der Waals surface area contributed by atoms with Gasteiger partial charge in [-0.25, -0.2) is 0 Å². The summed E-state index contributed by atoms with van der Waals surface area (Å²) in [5.74, 6) is 6.52. The SMILES string of the molecule is CCC(C)(C(Cc1nnn(C)n1)NN)N1CCOCC1. The number of nitrogens with zero attached hydrogens (tertiary/aromatic N) is 5. The van der Waals surface area contributed by atoms with Crippen molar-refractivity contribution in [3.05, 3.63) is 5.82 Å². The van der Waals surface area contributed by atoms with Crippen LogP contribution in [0.2, 0.25) is 0 Å². The third-order valence-corrected chi connectivity index (χ3v) is 4.34. The van der Waals surface area contributed by atoms with E-state index in [1.807, 2.05) is 0 Å². The fourth-order valence-electron chi connectivity index (χ4n) is 2.81. The van der Waals surface area contributed by atoms with Crippen LogP contribution in [-0.2, 0) is 18.2 Å². The minimum atomic E-state index is -0.0578. The Bertz CT molecular complexity index is 418. The number of nitrogens with one attached hydrogen (secondary N) is 1. The Balaban J connectivity index is 2.12. The predicted octanol–water partition coefficient (Wildman–Crippen LogP) is -0.915. The summed E-state index contributed by atoms with van der Waals surface area (Å²) in [6, 6.07) is 0.0646. The molecule has 1 aliphatic rings. The fourth-order valence-corrected chi connectivity index (χ4v) is 2.81. The Morgan fingerprint density at radius 2 is 2.15 bits per heavy atom. The molecule has 0 radical (unpaired) electrons. The Morgan fingerprint density at radius 3 is 2.65 bits per heavy atom. The lowest BCUT2D eigenvalue weighted by Gasteiger charge is -2.47. The molecule has 2 unspecified atom stereocenters. The van der Waals surface area contributed by atoms with Gasteiger partial charge >= 0.3 is 0 Å². The first kappa shape index (κ1) is 15.3. The lowest BCUT2D eigenvalue weighted by molar-refractivity contribution is -0.0325. The van der Waals surface area contributed by atoms with Gasteiger partial charge in [-0.3, -0.25) is 16.2 Å². The highest BCUT2D eigenvalue weighted by atomic mass is 16.5. The molecule has 1 aromatic rings. The zero-order valence-corrected chi connectivity index (χ0v) is 12.5. The maximum absolute atomic E-state index is 5.81. The number of nitrogens with two attached hydrogens (primary N) is 1.